The zero-order chi connectivity index (χ0) is 19.7. The molecule has 6 nitrogen and oxygen atoms in total. The minimum atomic E-state index is -0.435. The lowest BCUT2D eigenvalue weighted by Gasteiger charge is -2.41. The molecule has 6 heteroatoms. The highest BCUT2D eigenvalue weighted by Crippen LogP contribution is 2.41. The summed E-state index contributed by atoms with van der Waals surface area (Å²) in [7, 11) is 3.90. The molecule has 0 saturated heterocycles. The molecule has 2 heterocycles. The second-order valence-corrected chi connectivity index (χ2v) is 7.74. The number of hydrogen-bond acceptors (Lipinski definition) is 4. The molecule has 0 atom stereocenters. The Morgan fingerprint density at radius 2 is 1.74 bits per heavy atom. The Morgan fingerprint density at radius 1 is 1.07 bits per heavy atom. The van der Waals surface area contributed by atoms with Crippen LogP contribution >= 0.6 is 0 Å². The predicted molar refractivity (Wildman–Crippen MR) is 109 cm³/mol. The lowest BCUT2D eigenvalue weighted by Crippen LogP contribution is -2.42. The first kappa shape index (κ1) is 17.3. The summed E-state index contributed by atoms with van der Waals surface area (Å²) in [6.07, 6.45) is 2.19. The summed E-state index contributed by atoms with van der Waals surface area (Å²) in [6.45, 7) is 6.34. The fraction of sp³-hybridized carbons (Fsp3) is 0.286. The van der Waals surface area contributed by atoms with Gasteiger partial charge < -0.3 is 9.47 Å². The van der Waals surface area contributed by atoms with E-state index in [0.29, 0.717) is 16.3 Å². The number of anilines is 1. The molecular weight excluding hydrogens is 342 g/mol. The van der Waals surface area contributed by atoms with Crippen molar-refractivity contribution < 1.29 is 4.92 Å². The maximum atomic E-state index is 13.1. The predicted octanol–water partition coefficient (Wildman–Crippen LogP) is 4.23. The highest BCUT2D eigenvalue weighted by Gasteiger charge is 2.30. The molecule has 1 aliphatic rings. The number of aromatic nitrogens is 1. The number of allylic oxidation sites excluding steroid dienone is 1. The fourth-order valence-electron chi connectivity index (χ4n) is 4.16. The molecule has 0 amide bonds. The Labute approximate surface area is 156 Å². The van der Waals surface area contributed by atoms with Crippen molar-refractivity contribution in [2.75, 3.05) is 11.9 Å². The van der Waals surface area contributed by atoms with Crippen LogP contribution in [0.1, 0.15) is 26.3 Å². The molecule has 1 aromatic heterocycles. The highest BCUT2D eigenvalue weighted by atomic mass is 16.6. The van der Waals surface area contributed by atoms with E-state index in [1.165, 1.54) is 12.1 Å². The Hall–Kier alpha value is -3.15. The number of fused-ring (bicyclic) bond motifs is 4. The minimum Gasteiger partial charge on any atom is -0.365 e. The van der Waals surface area contributed by atoms with Crippen LogP contribution in [0.25, 0.3) is 27.4 Å². The zero-order valence-corrected chi connectivity index (χ0v) is 16.0. The van der Waals surface area contributed by atoms with Crippen molar-refractivity contribution in [2.45, 2.75) is 26.3 Å². The van der Waals surface area contributed by atoms with Gasteiger partial charge >= 0.3 is 0 Å². The zero-order valence-electron chi connectivity index (χ0n) is 16.0. The molecule has 2 aromatic carbocycles. The molecule has 138 valence electrons. The van der Waals surface area contributed by atoms with E-state index >= 15 is 0 Å². The van der Waals surface area contributed by atoms with Gasteiger partial charge in [-0.2, -0.15) is 0 Å². The highest BCUT2D eigenvalue weighted by molar-refractivity contribution is 6.03. The van der Waals surface area contributed by atoms with Crippen molar-refractivity contribution in [1.29, 1.82) is 0 Å². The monoisotopic (exact) mass is 363 g/mol. The van der Waals surface area contributed by atoms with Gasteiger partial charge in [0, 0.05) is 48.3 Å². The second-order valence-electron chi connectivity index (χ2n) is 7.74. The number of pyridine rings is 1. The summed E-state index contributed by atoms with van der Waals surface area (Å²) in [5, 5.41) is 12.3. The second kappa shape index (κ2) is 5.42. The normalized spacial score (nSPS) is 15.7. The Balaban J connectivity index is 2.21. The molecule has 0 spiro atoms. The Kier molecular flexibility index (Phi) is 3.47. The van der Waals surface area contributed by atoms with E-state index < -0.39 is 4.92 Å². The molecular formula is C21H21N3O3. The molecule has 0 fully saturated rings. The largest absolute Gasteiger partial charge is 0.365 e. The molecule has 0 bridgehead atoms. The topological polar surface area (TPSA) is 68.4 Å². The third-order valence-electron chi connectivity index (χ3n) is 5.72. The van der Waals surface area contributed by atoms with Crippen molar-refractivity contribution in [3.05, 3.63) is 62.3 Å². The first-order valence-corrected chi connectivity index (χ1v) is 8.81. The number of benzene rings is 2. The third kappa shape index (κ3) is 2.29. The molecule has 3 aromatic rings. The molecule has 0 radical (unpaired) electrons. The van der Waals surface area contributed by atoms with Gasteiger partial charge in [-0.3, -0.25) is 14.9 Å². The number of hydrogen-bond donors (Lipinski definition) is 0. The summed E-state index contributed by atoms with van der Waals surface area (Å²) >= 11 is 0. The molecule has 1 aliphatic heterocycles. The number of nitro groups is 1. The average molecular weight is 363 g/mol. The lowest BCUT2D eigenvalue weighted by molar-refractivity contribution is -0.384. The summed E-state index contributed by atoms with van der Waals surface area (Å²) in [5.41, 5.74) is 4.26. The average Bonchev–Trinajstić information content (AvgIpc) is 2.62. The van der Waals surface area contributed by atoms with Gasteiger partial charge in [0.2, 0.25) is 0 Å². The van der Waals surface area contributed by atoms with E-state index in [1.807, 2.05) is 30.8 Å². The summed E-state index contributed by atoms with van der Waals surface area (Å²) in [5.74, 6) is 0. The van der Waals surface area contributed by atoms with E-state index in [9.17, 15) is 14.9 Å². The van der Waals surface area contributed by atoms with E-state index in [-0.39, 0.29) is 16.7 Å². The molecule has 0 N–H and O–H groups in total. The van der Waals surface area contributed by atoms with Gasteiger partial charge in [-0.15, -0.1) is 0 Å². The van der Waals surface area contributed by atoms with Crippen molar-refractivity contribution >= 4 is 38.8 Å². The summed E-state index contributed by atoms with van der Waals surface area (Å²) < 4.78 is 1.90. The van der Waals surface area contributed by atoms with Crippen LogP contribution in [-0.2, 0) is 7.05 Å². The molecule has 27 heavy (non-hydrogen) atoms. The Bertz CT molecular complexity index is 1240. The number of nitrogens with zero attached hydrogens (tertiary/aromatic N) is 3. The lowest BCUT2D eigenvalue weighted by atomic mass is 9.87. The Morgan fingerprint density at radius 3 is 2.41 bits per heavy atom. The summed E-state index contributed by atoms with van der Waals surface area (Å²) in [6, 6.07) is 8.27. The molecule has 0 unspecified atom stereocenters. The minimum absolute atomic E-state index is 0.0211. The van der Waals surface area contributed by atoms with E-state index in [1.54, 1.807) is 6.07 Å². The van der Waals surface area contributed by atoms with Crippen LogP contribution < -0.4 is 10.3 Å². The molecule has 0 saturated carbocycles. The van der Waals surface area contributed by atoms with Gasteiger partial charge in [0.05, 0.1) is 21.5 Å². The van der Waals surface area contributed by atoms with E-state index in [2.05, 4.69) is 31.7 Å². The number of rotatable bonds is 1. The number of non-ortho nitro benzene ring substituents is 1. The third-order valence-corrected chi connectivity index (χ3v) is 5.72. The standard InChI is InChI=1S/C21H21N3O3/c1-12-11-21(2,3)23(5)16-9-8-15-19(18(12)16)22(4)17-10-13(24(26)27)6-7-14(17)20(15)25/h6-11H,1-5H3. The maximum absolute atomic E-state index is 13.1. The van der Waals surface area contributed by atoms with Gasteiger partial charge in [-0.1, -0.05) is 6.08 Å². The van der Waals surface area contributed by atoms with Crippen molar-refractivity contribution in [3.63, 3.8) is 0 Å². The van der Waals surface area contributed by atoms with Crippen molar-refractivity contribution in [3.8, 4) is 0 Å². The molecule has 0 aliphatic carbocycles. The molecule has 4 rings (SSSR count). The first-order chi connectivity index (χ1) is 12.6. The fourth-order valence-corrected chi connectivity index (χ4v) is 4.16. The SMILES string of the molecule is CC1=CC(C)(C)N(C)c2ccc3c(=O)c4ccc([N+](=O)[O-])cc4n(C)c3c21. The van der Waals surface area contributed by atoms with Crippen LogP contribution in [0.4, 0.5) is 11.4 Å². The van der Waals surface area contributed by atoms with E-state index in [4.69, 9.17) is 0 Å². The maximum Gasteiger partial charge on any atom is 0.271 e. The first-order valence-electron chi connectivity index (χ1n) is 8.81. The van der Waals surface area contributed by atoms with Gasteiger partial charge in [-0.05, 0) is 44.5 Å². The van der Waals surface area contributed by atoms with Crippen LogP contribution in [0.15, 0.2) is 41.2 Å². The van der Waals surface area contributed by atoms with Gasteiger partial charge in [0.25, 0.3) is 5.69 Å². The van der Waals surface area contributed by atoms with Crippen LogP contribution in [0, 0.1) is 10.1 Å². The van der Waals surface area contributed by atoms with Gasteiger partial charge in [0.15, 0.2) is 5.43 Å². The van der Waals surface area contributed by atoms with Crippen LogP contribution in [-0.4, -0.2) is 22.1 Å². The number of aryl methyl sites for hydroxylation is 1. The van der Waals surface area contributed by atoms with Crippen LogP contribution in [0.3, 0.4) is 0 Å². The van der Waals surface area contributed by atoms with Crippen molar-refractivity contribution in [1.82, 2.24) is 4.57 Å². The van der Waals surface area contributed by atoms with Crippen LogP contribution in [0.2, 0.25) is 0 Å². The van der Waals surface area contributed by atoms with Crippen LogP contribution in [0.5, 0.6) is 0 Å². The van der Waals surface area contributed by atoms with Gasteiger partial charge in [0.1, 0.15) is 0 Å². The smallest absolute Gasteiger partial charge is 0.271 e. The van der Waals surface area contributed by atoms with Gasteiger partial charge in [-0.25, -0.2) is 0 Å². The quantitative estimate of drug-likeness (QED) is 0.369. The number of likely N-dealkylation sites (N-methyl/N-ethyl adjacent to an activating group) is 1. The summed E-state index contributed by atoms with van der Waals surface area (Å²) in [4.78, 5) is 26.1. The van der Waals surface area contributed by atoms with E-state index in [0.717, 1.165) is 22.3 Å². The number of nitro benzene ring substituents is 1. The van der Waals surface area contributed by atoms with Crippen molar-refractivity contribution in [2.24, 2.45) is 7.05 Å².